The van der Waals surface area contributed by atoms with Crippen molar-refractivity contribution in [3.63, 3.8) is 0 Å². The van der Waals surface area contributed by atoms with Crippen molar-refractivity contribution in [2.45, 2.75) is 88.7 Å². The molecule has 1 spiro atoms. The van der Waals surface area contributed by atoms with Crippen LogP contribution in [-0.2, 0) is 28.7 Å². The summed E-state index contributed by atoms with van der Waals surface area (Å²) in [4.78, 5) is 59.3. The average molecular weight is 687 g/mol. The predicted octanol–water partition coefficient (Wildman–Crippen LogP) is 3.79. The second kappa shape index (κ2) is 14.6. The monoisotopic (exact) mass is 685 g/mol. The first-order valence-electron chi connectivity index (χ1n) is 16.2. The number of amides is 3. The van der Waals surface area contributed by atoms with Crippen LogP contribution in [0.1, 0.15) is 70.5 Å². The number of allylic oxidation sites excluding steroid dienone is 1. The number of aliphatic hydroxyl groups excluding tert-OH is 1. The Morgan fingerprint density at radius 3 is 2.49 bits per heavy atom. The fourth-order valence-electron chi connectivity index (χ4n) is 7.16. The molecule has 4 heterocycles. The van der Waals surface area contributed by atoms with E-state index in [9.17, 15) is 24.3 Å². The second-order valence-electron chi connectivity index (χ2n) is 12.4. The number of unbranched alkanes of at least 4 members (excludes halogenated alkanes) is 3. The molecule has 0 aliphatic carbocycles. The fraction of sp³-hybridized carbons (Fsp3) is 0.588. The third kappa shape index (κ3) is 6.62. The Morgan fingerprint density at radius 1 is 1.00 bits per heavy atom. The zero-order chi connectivity index (χ0) is 32.1. The van der Waals surface area contributed by atoms with E-state index in [1.807, 2.05) is 48.6 Å². The molecule has 244 valence electrons. The van der Waals surface area contributed by atoms with Crippen molar-refractivity contribution in [3.05, 3.63) is 58.6 Å². The molecule has 7 atom stereocenters. The van der Waals surface area contributed by atoms with E-state index in [1.165, 1.54) is 0 Å². The van der Waals surface area contributed by atoms with E-state index in [4.69, 9.17) is 9.47 Å². The molecule has 5 rings (SSSR count). The second-order valence-corrected chi connectivity index (χ2v) is 13.3. The van der Waals surface area contributed by atoms with Crippen LogP contribution in [0, 0.1) is 11.8 Å². The molecule has 2 fully saturated rings. The van der Waals surface area contributed by atoms with E-state index in [2.05, 4.69) is 28.2 Å². The van der Waals surface area contributed by atoms with E-state index < -0.39 is 47.7 Å². The summed E-state index contributed by atoms with van der Waals surface area (Å²) in [6.45, 7) is 4.95. The molecular formula is C34H44BrN3O7. The highest BCUT2D eigenvalue weighted by atomic mass is 79.9. The summed E-state index contributed by atoms with van der Waals surface area (Å²) >= 11 is 3.60. The van der Waals surface area contributed by atoms with E-state index >= 15 is 0 Å². The topological polar surface area (TPSA) is 125 Å². The normalized spacial score (nSPS) is 32.8. The number of esters is 1. The number of fused-ring (bicyclic) bond motifs is 2. The zero-order valence-electron chi connectivity index (χ0n) is 26.0. The van der Waals surface area contributed by atoms with Crippen molar-refractivity contribution in [2.75, 3.05) is 26.2 Å². The average Bonchev–Trinajstić information content (AvgIpc) is 3.61. The van der Waals surface area contributed by atoms with Crippen LogP contribution in [0.4, 0.5) is 0 Å². The van der Waals surface area contributed by atoms with Gasteiger partial charge in [0.1, 0.15) is 29.8 Å². The maximum absolute atomic E-state index is 14.6. The van der Waals surface area contributed by atoms with Crippen LogP contribution < -0.4 is 5.32 Å². The number of benzene rings is 1. The van der Waals surface area contributed by atoms with Crippen molar-refractivity contribution in [1.29, 1.82) is 0 Å². The number of cyclic esters (lactones) is 1. The Labute approximate surface area is 273 Å². The van der Waals surface area contributed by atoms with Crippen molar-refractivity contribution >= 4 is 39.6 Å². The lowest BCUT2D eigenvalue weighted by Gasteiger charge is -2.36. The number of halogens is 1. The first-order chi connectivity index (χ1) is 21.7. The van der Waals surface area contributed by atoms with Crippen LogP contribution in [-0.4, -0.2) is 88.6 Å². The van der Waals surface area contributed by atoms with Gasteiger partial charge in [0.2, 0.25) is 17.7 Å². The Bertz CT molecular complexity index is 1320. The first kappa shape index (κ1) is 33.3. The van der Waals surface area contributed by atoms with Crippen molar-refractivity contribution in [2.24, 2.45) is 11.8 Å². The molecule has 0 radical (unpaired) electrons. The molecule has 3 amide bonds. The summed E-state index contributed by atoms with van der Waals surface area (Å²) in [6.07, 6.45) is 8.47. The molecule has 11 heteroatoms. The summed E-state index contributed by atoms with van der Waals surface area (Å²) in [7, 11) is 0. The maximum Gasteiger partial charge on any atom is 0.313 e. The Morgan fingerprint density at radius 2 is 1.76 bits per heavy atom. The van der Waals surface area contributed by atoms with Crippen molar-refractivity contribution in [1.82, 2.24) is 15.1 Å². The van der Waals surface area contributed by atoms with Crippen molar-refractivity contribution in [3.8, 4) is 0 Å². The number of carbonyl (C=O) groups excluding carboxylic acids is 4. The molecule has 0 saturated carbocycles. The number of likely N-dealkylation sites (tertiary alicyclic amines) is 1. The number of nitrogens with zero attached hydrogens (tertiary/aromatic N) is 2. The number of nitrogens with one attached hydrogen (secondary N) is 1. The fourth-order valence-corrected chi connectivity index (χ4v) is 7.89. The maximum atomic E-state index is 14.6. The number of carbonyl (C=O) groups is 4. The molecule has 0 unspecified atom stereocenters. The van der Waals surface area contributed by atoms with Gasteiger partial charge in [0.15, 0.2) is 0 Å². The molecule has 10 nitrogen and oxygen atoms in total. The minimum absolute atomic E-state index is 0.0300. The van der Waals surface area contributed by atoms with E-state index in [0.717, 1.165) is 19.3 Å². The Hall–Kier alpha value is -3.02. The highest BCUT2D eigenvalue weighted by Gasteiger charge is 2.74. The Balaban J connectivity index is 1.57. The third-order valence-corrected chi connectivity index (χ3v) is 10.0. The lowest BCUT2D eigenvalue weighted by molar-refractivity contribution is -0.161. The van der Waals surface area contributed by atoms with Gasteiger partial charge >= 0.3 is 5.97 Å². The number of ether oxygens (including phenoxy) is 2. The first-order valence-corrected chi connectivity index (χ1v) is 17.0. The summed E-state index contributed by atoms with van der Waals surface area (Å²) in [5, 5.41) is 12.5. The van der Waals surface area contributed by atoms with Crippen LogP contribution in [0.3, 0.4) is 0 Å². The van der Waals surface area contributed by atoms with Gasteiger partial charge < -0.3 is 29.7 Å². The SMILES string of the molecule is CCCCCN1C/C=C\CCC(=O)N[C@H](C)[C@@H](c2ccccc2)OC(=O)[C@@H]2[C@H]3O[C@@]4(C=C3Br)[C@H](C1=O)N(CCCCO)C(=O)[C@@H]24. The summed E-state index contributed by atoms with van der Waals surface area (Å²) in [6, 6.07) is 7.70. The molecule has 2 saturated heterocycles. The summed E-state index contributed by atoms with van der Waals surface area (Å²) in [5.74, 6) is -3.30. The third-order valence-electron chi connectivity index (χ3n) is 9.33. The van der Waals surface area contributed by atoms with Crippen molar-refractivity contribution < 1.29 is 33.8 Å². The number of hydrogen-bond donors (Lipinski definition) is 2. The van der Waals surface area contributed by atoms with Crippen LogP contribution >= 0.6 is 15.9 Å². The van der Waals surface area contributed by atoms with Gasteiger partial charge in [0, 0.05) is 37.1 Å². The minimum atomic E-state index is -1.34. The van der Waals surface area contributed by atoms with Gasteiger partial charge in [-0.15, -0.1) is 0 Å². The van der Waals surface area contributed by atoms with E-state index in [1.54, 1.807) is 16.7 Å². The van der Waals surface area contributed by atoms with Gasteiger partial charge in [-0.25, -0.2) is 0 Å². The van der Waals surface area contributed by atoms with Gasteiger partial charge in [-0.05, 0) is 44.2 Å². The molecule has 1 aromatic carbocycles. The number of hydrogen-bond acceptors (Lipinski definition) is 7. The van der Waals surface area contributed by atoms with Gasteiger partial charge in [0.25, 0.3) is 0 Å². The van der Waals surface area contributed by atoms with Gasteiger partial charge in [-0.3, -0.25) is 19.2 Å². The molecule has 45 heavy (non-hydrogen) atoms. The highest BCUT2D eigenvalue weighted by molar-refractivity contribution is 9.11. The number of rotatable bonds is 9. The lowest BCUT2D eigenvalue weighted by Crippen LogP contribution is -2.56. The largest absolute Gasteiger partial charge is 0.455 e. The summed E-state index contributed by atoms with van der Waals surface area (Å²) < 4.78 is 13.4. The molecule has 0 aromatic heterocycles. The predicted molar refractivity (Wildman–Crippen MR) is 171 cm³/mol. The number of aliphatic hydroxyl groups is 1. The van der Waals surface area contributed by atoms with E-state index in [-0.39, 0.29) is 37.3 Å². The molecule has 4 aliphatic heterocycles. The molecule has 5 bridgehead atoms. The standard InChI is InChI=1S/C34H44BrN3O7/c1-3-4-10-17-37-18-11-6-9-16-25(40)36-22(2)28(23-14-7-5-8-15-23)44-33(43)26-27-31(41)38(19-12-13-20-39)30(32(37)42)34(27)21-24(35)29(26)45-34/h5-8,11,14-15,21-22,26-30,39H,3-4,9-10,12-13,16-20H2,1-2H3,(H,36,40)/b11-6-/t22-,26+,27-,28+,29+,30+,34-/m1/s1. The quantitative estimate of drug-likeness (QED) is 0.230. The molecule has 4 aliphatic rings. The zero-order valence-corrected chi connectivity index (χ0v) is 27.6. The smallest absolute Gasteiger partial charge is 0.313 e. The molecule has 2 N–H and O–H groups in total. The molecular weight excluding hydrogens is 642 g/mol. The summed E-state index contributed by atoms with van der Waals surface area (Å²) in [5.41, 5.74) is -0.632. The highest BCUT2D eigenvalue weighted by Crippen LogP contribution is 2.59. The van der Waals surface area contributed by atoms with Gasteiger partial charge in [-0.2, -0.15) is 0 Å². The van der Waals surface area contributed by atoms with Gasteiger partial charge in [0.05, 0.1) is 12.0 Å². The Kier molecular flexibility index (Phi) is 10.8. The van der Waals surface area contributed by atoms with Crippen LogP contribution in [0.5, 0.6) is 0 Å². The van der Waals surface area contributed by atoms with Crippen LogP contribution in [0.15, 0.2) is 53.0 Å². The van der Waals surface area contributed by atoms with Crippen LogP contribution in [0.25, 0.3) is 0 Å². The lowest BCUT2D eigenvalue weighted by atomic mass is 9.74. The van der Waals surface area contributed by atoms with E-state index in [0.29, 0.717) is 42.4 Å². The van der Waals surface area contributed by atoms with Gasteiger partial charge in [-0.1, -0.05) is 78.2 Å². The van der Waals surface area contributed by atoms with Crippen LogP contribution in [0.2, 0.25) is 0 Å². The minimum Gasteiger partial charge on any atom is -0.455 e. The molecule has 1 aromatic rings.